The zero-order valence-electron chi connectivity index (χ0n) is 7.01. The summed E-state index contributed by atoms with van der Waals surface area (Å²) in [7, 11) is 3.16. The first-order chi connectivity index (χ1) is 6.17. The monoisotopic (exact) mass is 327 g/mol. The van der Waals surface area contributed by atoms with Crippen molar-refractivity contribution in [2.45, 2.75) is 0 Å². The maximum absolute atomic E-state index is 5.06. The number of ether oxygens (including phenoxy) is 2. The number of rotatable bonds is 3. The summed E-state index contributed by atoms with van der Waals surface area (Å²) in [5.74, 6) is 0.568. The van der Waals surface area contributed by atoms with Crippen molar-refractivity contribution in [2.24, 2.45) is 0 Å². The molecule has 0 saturated carbocycles. The molecule has 1 heterocycles. The van der Waals surface area contributed by atoms with Crippen LogP contribution in [0.25, 0.3) is 6.08 Å². The van der Waals surface area contributed by atoms with Crippen molar-refractivity contribution in [1.82, 2.24) is 4.98 Å². The Morgan fingerprint density at radius 2 is 2.08 bits per heavy atom. The van der Waals surface area contributed by atoms with Gasteiger partial charge in [-0.25, -0.2) is 0 Å². The van der Waals surface area contributed by atoms with E-state index in [1.54, 1.807) is 14.2 Å². The molecule has 1 rings (SSSR count). The zero-order valence-corrected chi connectivity index (χ0v) is 11.0. The van der Waals surface area contributed by atoms with E-state index < -0.39 is 0 Å². The van der Waals surface area contributed by atoms with E-state index in [9.17, 15) is 0 Å². The lowest BCUT2D eigenvalue weighted by molar-refractivity contribution is 0.377. The van der Waals surface area contributed by atoms with Crippen LogP contribution in [0.4, 0.5) is 0 Å². The van der Waals surface area contributed by atoms with Crippen LogP contribution in [0.2, 0.25) is 0 Å². The topological polar surface area (TPSA) is 31.4 Å². The number of nitrogens with zero attached hydrogens (tertiary/aromatic N) is 1. The van der Waals surface area contributed by atoms with E-state index in [1.807, 2.05) is 6.08 Å². The number of halogens is 2. The van der Waals surface area contributed by atoms with Gasteiger partial charge in [-0.1, -0.05) is 11.3 Å². The highest BCUT2D eigenvalue weighted by atomic mass is 79.9. The van der Waals surface area contributed by atoms with E-state index in [0.29, 0.717) is 11.1 Å². The van der Waals surface area contributed by atoms with Gasteiger partial charge in [0.05, 0.1) is 22.5 Å². The maximum Gasteiger partial charge on any atom is 0.276 e. The zero-order chi connectivity index (χ0) is 9.84. The first-order valence-corrected chi connectivity index (χ1v) is 5.69. The quantitative estimate of drug-likeness (QED) is 0.853. The van der Waals surface area contributed by atoms with Crippen molar-refractivity contribution in [3.05, 3.63) is 8.27 Å². The average molecular weight is 329 g/mol. The van der Waals surface area contributed by atoms with Crippen LogP contribution in [-0.4, -0.2) is 19.2 Å². The van der Waals surface area contributed by atoms with Crippen molar-refractivity contribution < 1.29 is 9.47 Å². The van der Waals surface area contributed by atoms with Gasteiger partial charge in [0.15, 0.2) is 0 Å². The van der Waals surface area contributed by atoms with Gasteiger partial charge in [0.25, 0.3) is 5.19 Å². The van der Waals surface area contributed by atoms with E-state index in [2.05, 4.69) is 36.8 Å². The van der Waals surface area contributed by atoms with Gasteiger partial charge in [0.1, 0.15) is 0 Å². The molecule has 0 aliphatic rings. The van der Waals surface area contributed by atoms with Crippen LogP contribution < -0.4 is 9.47 Å². The molecule has 0 amide bonds. The first kappa shape index (κ1) is 11.0. The van der Waals surface area contributed by atoms with Crippen molar-refractivity contribution in [3.8, 4) is 11.1 Å². The smallest absolute Gasteiger partial charge is 0.276 e. The molecular weight excluding hydrogens is 322 g/mol. The third-order valence-corrected chi connectivity index (χ3v) is 2.61. The summed E-state index contributed by atoms with van der Waals surface area (Å²) < 4.78 is 10.9. The fourth-order valence-electron chi connectivity index (χ4n) is 0.722. The van der Waals surface area contributed by atoms with E-state index in [0.717, 1.165) is 8.27 Å². The van der Waals surface area contributed by atoms with Gasteiger partial charge >= 0.3 is 0 Å². The predicted octanol–water partition coefficient (Wildman–Crippen LogP) is 3.25. The minimum Gasteiger partial charge on any atom is -0.480 e. The van der Waals surface area contributed by atoms with E-state index in [4.69, 9.17) is 9.47 Å². The second kappa shape index (κ2) is 4.97. The predicted molar refractivity (Wildman–Crippen MR) is 61.0 cm³/mol. The second-order valence-corrected chi connectivity index (χ2v) is 5.76. The molecule has 0 fully saturated rings. The molecule has 0 bridgehead atoms. The van der Waals surface area contributed by atoms with E-state index >= 15 is 0 Å². The van der Waals surface area contributed by atoms with Crippen LogP contribution in [0, 0.1) is 0 Å². The molecule has 3 nitrogen and oxygen atoms in total. The summed E-state index contributed by atoms with van der Waals surface area (Å²) in [5, 5.41) is 0.587. The Morgan fingerprint density at radius 1 is 1.38 bits per heavy atom. The summed E-state index contributed by atoms with van der Waals surface area (Å²) in [5.41, 5.74) is 0. The SMILES string of the molecule is COc1nc(OC)c(C=C(Br)Br)s1. The minimum absolute atomic E-state index is 0.568. The van der Waals surface area contributed by atoms with Crippen LogP contribution in [0.5, 0.6) is 11.1 Å². The number of hydrogen-bond acceptors (Lipinski definition) is 4. The third kappa shape index (κ3) is 2.96. The lowest BCUT2D eigenvalue weighted by atomic mass is 10.5. The van der Waals surface area contributed by atoms with Crippen molar-refractivity contribution in [3.63, 3.8) is 0 Å². The number of thiazole rings is 1. The number of methoxy groups -OCH3 is 2. The maximum atomic E-state index is 5.06. The van der Waals surface area contributed by atoms with Gasteiger partial charge in [-0.3, -0.25) is 0 Å². The van der Waals surface area contributed by atoms with Gasteiger partial charge < -0.3 is 9.47 Å². The summed E-state index contributed by atoms with van der Waals surface area (Å²) in [6, 6.07) is 0. The first-order valence-electron chi connectivity index (χ1n) is 3.29. The summed E-state index contributed by atoms with van der Waals surface area (Å²) in [6.45, 7) is 0. The largest absolute Gasteiger partial charge is 0.480 e. The molecule has 0 saturated heterocycles. The molecule has 0 atom stereocenters. The molecule has 0 aromatic carbocycles. The lowest BCUT2D eigenvalue weighted by Crippen LogP contribution is -1.85. The van der Waals surface area contributed by atoms with Crippen molar-refractivity contribution in [1.29, 1.82) is 0 Å². The molecule has 0 N–H and O–H groups in total. The molecule has 6 heteroatoms. The van der Waals surface area contributed by atoms with Crippen LogP contribution >= 0.6 is 43.2 Å². The molecule has 0 unspecified atom stereocenters. The average Bonchev–Trinajstić information content (AvgIpc) is 2.46. The molecule has 13 heavy (non-hydrogen) atoms. The van der Waals surface area contributed by atoms with Crippen LogP contribution in [-0.2, 0) is 0 Å². The Bertz CT molecular complexity index is 320. The van der Waals surface area contributed by atoms with E-state index in [-0.39, 0.29) is 0 Å². The fourth-order valence-corrected chi connectivity index (χ4v) is 2.28. The minimum atomic E-state index is 0.568. The van der Waals surface area contributed by atoms with Crippen LogP contribution in [0.15, 0.2) is 3.39 Å². The molecule has 1 aromatic heterocycles. The Kier molecular flexibility index (Phi) is 4.21. The van der Waals surface area contributed by atoms with E-state index in [1.165, 1.54) is 11.3 Å². The molecule has 0 aliphatic heterocycles. The molecule has 72 valence electrons. The Balaban J connectivity index is 3.04. The van der Waals surface area contributed by atoms with Gasteiger partial charge in [0, 0.05) is 0 Å². The highest BCUT2D eigenvalue weighted by molar-refractivity contribution is 9.28. The lowest BCUT2D eigenvalue weighted by Gasteiger charge is -1.93. The molecule has 0 radical (unpaired) electrons. The van der Waals surface area contributed by atoms with Gasteiger partial charge in [-0.05, 0) is 37.9 Å². The van der Waals surface area contributed by atoms with Crippen molar-refractivity contribution >= 4 is 49.3 Å². The Morgan fingerprint density at radius 3 is 2.54 bits per heavy atom. The van der Waals surface area contributed by atoms with Crippen molar-refractivity contribution in [2.75, 3.05) is 14.2 Å². The van der Waals surface area contributed by atoms with Gasteiger partial charge in [-0.15, -0.1) is 0 Å². The molecule has 1 aromatic rings. The normalized spacial score (nSPS) is 9.54. The Labute approximate surface area is 97.0 Å². The molecule has 0 aliphatic carbocycles. The highest BCUT2D eigenvalue weighted by Crippen LogP contribution is 2.33. The van der Waals surface area contributed by atoms with Crippen LogP contribution in [0.1, 0.15) is 4.88 Å². The summed E-state index contributed by atoms with van der Waals surface area (Å²) >= 11 is 7.95. The highest BCUT2D eigenvalue weighted by Gasteiger charge is 2.09. The third-order valence-electron chi connectivity index (χ3n) is 1.21. The molecule has 0 spiro atoms. The second-order valence-electron chi connectivity index (χ2n) is 1.99. The fraction of sp³-hybridized carbons (Fsp3) is 0.286. The standard InChI is InChI=1S/C7H7Br2NO2S/c1-11-6-4(3-5(8)9)13-7(10-6)12-2/h3H,1-2H3. The van der Waals surface area contributed by atoms with Crippen LogP contribution in [0.3, 0.4) is 0 Å². The van der Waals surface area contributed by atoms with Gasteiger partial charge in [-0.2, -0.15) is 4.98 Å². The number of aromatic nitrogens is 1. The van der Waals surface area contributed by atoms with Gasteiger partial charge in [0.2, 0.25) is 5.88 Å². The molecular formula is C7H7Br2NO2S. The summed E-state index contributed by atoms with van der Waals surface area (Å²) in [4.78, 5) is 4.99. The summed E-state index contributed by atoms with van der Waals surface area (Å²) in [6.07, 6.45) is 1.86. The Hall–Kier alpha value is -0.0700. The number of hydrogen-bond donors (Lipinski definition) is 0.